The summed E-state index contributed by atoms with van der Waals surface area (Å²) < 4.78 is 0. The van der Waals surface area contributed by atoms with E-state index in [1.165, 1.54) is 0 Å². The van der Waals surface area contributed by atoms with Gasteiger partial charge in [-0.15, -0.1) is 0 Å². The minimum atomic E-state index is -0.886. The number of amides is 1. The third-order valence-electron chi connectivity index (χ3n) is 3.71. The fourth-order valence-electron chi connectivity index (χ4n) is 2.65. The van der Waals surface area contributed by atoms with Gasteiger partial charge in [-0.25, -0.2) is 0 Å². The van der Waals surface area contributed by atoms with E-state index in [-0.39, 0.29) is 18.9 Å². The topological polar surface area (TPSA) is 57.6 Å². The molecule has 4 heteroatoms. The number of hydrogen-bond donors (Lipinski definition) is 1. The summed E-state index contributed by atoms with van der Waals surface area (Å²) in [4.78, 5) is 24.8. The van der Waals surface area contributed by atoms with Crippen molar-refractivity contribution in [2.75, 3.05) is 11.4 Å². The first-order valence-corrected chi connectivity index (χ1v) is 6.72. The molecule has 0 spiro atoms. The molecule has 1 atom stereocenters. The maximum Gasteiger partial charge on any atom is 0.308 e. The number of carboxylic acid groups (broad SMARTS) is 1. The predicted molar refractivity (Wildman–Crippen MR) is 73.3 cm³/mol. The second kappa shape index (κ2) is 5.43. The molecule has 1 fully saturated rings. The maximum absolute atomic E-state index is 12.1. The Labute approximate surface area is 113 Å². The summed E-state index contributed by atoms with van der Waals surface area (Å²) in [5, 5.41) is 9.07. The molecule has 2 rings (SSSR count). The first-order chi connectivity index (χ1) is 9.08. The zero-order valence-corrected chi connectivity index (χ0v) is 11.3. The van der Waals surface area contributed by atoms with Crippen molar-refractivity contribution in [3.63, 3.8) is 0 Å². The van der Waals surface area contributed by atoms with Crippen molar-refractivity contribution in [2.45, 2.75) is 33.1 Å². The van der Waals surface area contributed by atoms with E-state index in [2.05, 4.69) is 0 Å². The normalized spacial score (nSPS) is 18.9. The van der Waals surface area contributed by atoms with Crippen LogP contribution in [0.1, 0.15) is 31.4 Å². The van der Waals surface area contributed by atoms with Gasteiger partial charge in [-0.3, -0.25) is 9.59 Å². The summed E-state index contributed by atoms with van der Waals surface area (Å²) >= 11 is 0. The van der Waals surface area contributed by atoms with Gasteiger partial charge in [0.05, 0.1) is 5.92 Å². The van der Waals surface area contributed by atoms with Gasteiger partial charge in [-0.1, -0.05) is 32.0 Å². The molecular weight excluding hydrogens is 242 g/mol. The maximum atomic E-state index is 12.1. The Morgan fingerprint density at radius 2 is 1.89 bits per heavy atom. The molecule has 0 aliphatic carbocycles. The molecule has 0 aromatic heterocycles. The van der Waals surface area contributed by atoms with E-state index in [9.17, 15) is 9.59 Å². The summed E-state index contributed by atoms with van der Waals surface area (Å²) in [7, 11) is 0. The Balaban J connectivity index is 2.41. The molecule has 1 aromatic carbocycles. The van der Waals surface area contributed by atoms with Gasteiger partial charge in [-0.05, 0) is 24.0 Å². The number of anilines is 1. The lowest BCUT2D eigenvalue weighted by Crippen LogP contribution is -2.28. The summed E-state index contributed by atoms with van der Waals surface area (Å²) in [5.74, 6) is -1.55. The Kier molecular flexibility index (Phi) is 3.88. The second-order valence-corrected chi connectivity index (χ2v) is 4.88. The lowest BCUT2D eigenvalue weighted by Gasteiger charge is -2.23. The number of aryl methyl sites for hydroxylation is 2. The molecule has 0 bridgehead atoms. The zero-order chi connectivity index (χ0) is 14.0. The van der Waals surface area contributed by atoms with Crippen molar-refractivity contribution in [3.05, 3.63) is 29.3 Å². The molecule has 0 saturated carbocycles. The van der Waals surface area contributed by atoms with E-state index in [0.29, 0.717) is 0 Å². The van der Waals surface area contributed by atoms with E-state index >= 15 is 0 Å². The van der Waals surface area contributed by atoms with Crippen molar-refractivity contribution in [1.29, 1.82) is 0 Å². The lowest BCUT2D eigenvalue weighted by molar-refractivity contribution is -0.141. The van der Waals surface area contributed by atoms with Crippen LogP contribution in [0.15, 0.2) is 18.2 Å². The SMILES string of the molecule is CCc1cccc(CC)c1N1C[C@@H](C(=O)O)CC1=O. The standard InChI is InChI=1S/C15H19NO3/c1-3-10-6-5-7-11(4-2)14(10)16-9-12(15(18)19)8-13(16)17/h5-7,12H,3-4,8-9H2,1-2H3,(H,18,19)/t12-/m0/s1. The van der Waals surface area contributed by atoms with Crippen LogP contribution in [0.2, 0.25) is 0 Å². The van der Waals surface area contributed by atoms with E-state index in [1.54, 1.807) is 4.90 Å². The van der Waals surface area contributed by atoms with Gasteiger partial charge in [0.2, 0.25) is 5.91 Å². The molecule has 4 nitrogen and oxygen atoms in total. The number of nitrogens with zero attached hydrogens (tertiary/aromatic N) is 1. The van der Waals surface area contributed by atoms with Crippen LogP contribution in [0.5, 0.6) is 0 Å². The number of carbonyl (C=O) groups is 2. The van der Waals surface area contributed by atoms with Gasteiger partial charge in [0.15, 0.2) is 0 Å². The van der Waals surface area contributed by atoms with Gasteiger partial charge >= 0.3 is 5.97 Å². The fraction of sp³-hybridized carbons (Fsp3) is 0.467. The van der Waals surface area contributed by atoms with Crippen molar-refractivity contribution in [1.82, 2.24) is 0 Å². The molecule has 102 valence electrons. The summed E-state index contributed by atoms with van der Waals surface area (Å²) in [5.41, 5.74) is 3.15. The third kappa shape index (κ3) is 2.48. The number of rotatable bonds is 4. The molecule has 19 heavy (non-hydrogen) atoms. The predicted octanol–water partition coefficient (Wildman–Crippen LogP) is 2.25. The smallest absolute Gasteiger partial charge is 0.308 e. The summed E-state index contributed by atoms with van der Waals surface area (Å²) in [6, 6.07) is 6.02. The average molecular weight is 261 g/mol. The first kappa shape index (κ1) is 13.6. The van der Waals surface area contributed by atoms with Crippen LogP contribution in [-0.2, 0) is 22.4 Å². The third-order valence-corrected chi connectivity index (χ3v) is 3.71. The quantitative estimate of drug-likeness (QED) is 0.904. The molecule has 1 aromatic rings. The first-order valence-electron chi connectivity index (χ1n) is 6.72. The highest BCUT2D eigenvalue weighted by Gasteiger charge is 2.36. The minimum Gasteiger partial charge on any atom is -0.481 e. The van der Waals surface area contributed by atoms with E-state index < -0.39 is 11.9 Å². The van der Waals surface area contributed by atoms with Crippen molar-refractivity contribution >= 4 is 17.6 Å². The molecular formula is C15H19NO3. The van der Waals surface area contributed by atoms with E-state index in [0.717, 1.165) is 29.7 Å². The van der Waals surface area contributed by atoms with Crippen LogP contribution >= 0.6 is 0 Å². The number of benzene rings is 1. The molecule has 0 unspecified atom stereocenters. The van der Waals surface area contributed by atoms with Crippen LogP contribution < -0.4 is 4.90 Å². The van der Waals surface area contributed by atoms with Gasteiger partial charge < -0.3 is 10.0 Å². The van der Waals surface area contributed by atoms with Crippen molar-refractivity contribution in [2.24, 2.45) is 5.92 Å². The molecule has 0 radical (unpaired) electrons. The van der Waals surface area contributed by atoms with Gasteiger partial charge in [0.25, 0.3) is 0 Å². The van der Waals surface area contributed by atoms with E-state index in [1.807, 2.05) is 32.0 Å². The number of carbonyl (C=O) groups excluding carboxylic acids is 1. The Morgan fingerprint density at radius 3 is 2.32 bits per heavy atom. The van der Waals surface area contributed by atoms with Gasteiger partial charge in [0, 0.05) is 18.7 Å². The molecule has 1 N–H and O–H groups in total. The van der Waals surface area contributed by atoms with Gasteiger partial charge in [0.1, 0.15) is 0 Å². The molecule has 1 aliphatic rings. The number of para-hydroxylation sites is 1. The minimum absolute atomic E-state index is 0.0806. The number of hydrogen-bond acceptors (Lipinski definition) is 2. The second-order valence-electron chi connectivity index (χ2n) is 4.88. The van der Waals surface area contributed by atoms with Crippen LogP contribution in [0.3, 0.4) is 0 Å². The number of aliphatic carboxylic acids is 1. The Bertz CT molecular complexity index is 488. The monoisotopic (exact) mass is 261 g/mol. The van der Waals surface area contributed by atoms with Crippen LogP contribution in [-0.4, -0.2) is 23.5 Å². The highest BCUT2D eigenvalue weighted by molar-refractivity contribution is 6.00. The summed E-state index contributed by atoms with van der Waals surface area (Å²) in [6.45, 7) is 4.39. The number of carboxylic acids is 1. The Morgan fingerprint density at radius 1 is 1.32 bits per heavy atom. The van der Waals surface area contributed by atoms with Crippen molar-refractivity contribution < 1.29 is 14.7 Å². The highest BCUT2D eigenvalue weighted by atomic mass is 16.4. The van der Waals surface area contributed by atoms with Gasteiger partial charge in [-0.2, -0.15) is 0 Å². The highest BCUT2D eigenvalue weighted by Crippen LogP contribution is 2.32. The fourth-order valence-corrected chi connectivity index (χ4v) is 2.65. The molecule has 1 saturated heterocycles. The van der Waals surface area contributed by atoms with Crippen LogP contribution in [0.25, 0.3) is 0 Å². The average Bonchev–Trinajstić information content (AvgIpc) is 2.79. The van der Waals surface area contributed by atoms with Crippen LogP contribution in [0, 0.1) is 5.92 Å². The molecule has 1 aliphatic heterocycles. The van der Waals surface area contributed by atoms with E-state index in [4.69, 9.17) is 5.11 Å². The Hall–Kier alpha value is -1.84. The summed E-state index contributed by atoms with van der Waals surface area (Å²) in [6.07, 6.45) is 1.78. The molecule has 1 heterocycles. The lowest BCUT2D eigenvalue weighted by atomic mass is 10.0. The van der Waals surface area contributed by atoms with Crippen molar-refractivity contribution in [3.8, 4) is 0 Å². The zero-order valence-electron chi connectivity index (χ0n) is 11.3. The van der Waals surface area contributed by atoms with Crippen LogP contribution in [0.4, 0.5) is 5.69 Å². The molecule has 1 amide bonds. The largest absolute Gasteiger partial charge is 0.481 e.